The molecular weight excluding hydrogens is 262 g/mol. The third kappa shape index (κ3) is 3.90. The maximum absolute atomic E-state index is 12.1. The highest BCUT2D eigenvalue weighted by molar-refractivity contribution is 7.89. The monoisotopic (exact) mass is 289 g/mol. The van der Waals surface area contributed by atoms with Crippen LogP contribution in [0, 0.1) is 0 Å². The zero-order valence-corrected chi connectivity index (χ0v) is 12.9. The molecule has 1 saturated carbocycles. The molecule has 0 bridgehead atoms. The van der Waals surface area contributed by atoms with Gasteiger partial charge in [0.05, 0.1) is 5.75 Å². The van der Waals surface area contributed by atoms with Crippen LogP contribution in [0.4, 0.5) is 0 Å². The summed E-state index contributed by atoms with van der Waals surface area (Å²) in [6.07, 6.45) is 6.64. The molecule has 1 unspecified atom stereocenters. The van der Waals surface area contributed by atoms with Gasteiger partial charge in [-0.25, -0.2) is 13.1 Å². The minimum atomic E-state index is -3.16. The Morgan fingerprint density at radius 2 is 2.00 bits per heavy atom. The first kappa shape index (κ1) is 15.2. The van der Waals surface area contributed by atoms with Crippen LogP contribution in [0.2, 0.25) is 0 Å². The Morgan fingerprint density at radius 1 is 1.26 bits per heavy atom. The predicted octanol–water partition coefficient (Wildman–Crippen LogP) is 0.532. The summed E-state index contributed by atoms with van der Waals surface area (Å²) in [5, 5.41) is 3.29. The smallest absolute Gasteiger partial charge is 0.213 e. The number of hydrogen-bond acceptors (Lipinski definition) is 4. The molecule has 1 atom stereocenters. The van der Waals surface area contributed by atoms with Gasteiger partial charge in [0.25, 0.3) is 0 Å². The van der Waals surface area contributed by atoms with Gasteiger partial charge in [0.15, 0.2) is 0 Å². The highest BCUT2D eigenvalue weighted by Gasteiger charge is 2.39. The normalized spacial score (nSPS) is 27.2. The minimum absolute atomic E-state index is 0.0487. The molecule has 2 fully saturated rings. The largest absolute Gasteiger partial charge is 0.313 e. The molecular formula is C13H27N3O2S. The highest BCUT2D eigenvalue weighted by atomic mass is 32.2. The number of nitrogens with zero attached hydrogens (tertiary/aromatic N) is 1. The van der Waals surface area contributed by atoms with Crippen LogP contribution in [-0.4, -0.2) is 57.8 Å². The fourth-order valence-corrected chi connectivity index (χ4v) is 4.42. The maximum atomic E-state index is 12.1. The number of sulfonamides is 1. The first-order valence-electron chi connectivity index (χ1n) is 7.32. The predicted molar refractivity (Wildman–Crippen MR) is 77.7 cm³/mol. The molecule has 0 spiro atoms. The third-order valence-corrected chi connectivity index (χ3v) is 6.11. The Morgan fingerprint density at radius 3 is 2.47 bits per heavy atom. The van der Waals surface area contributed by atoms with Crippen LogP contribution in [0.1, 0.15) is 38.5 Å². The second-order valence-electron chi connectivity index (χ2n) is 6.22. The molecule has 1 aliphatic carbocycles. The Hall–Kier alpha value is -0.170. The lowest BCUT2D eigenvalue weighted by atomic mass is 9.76. The quantitative estimate of drug-likeness (QED) is 0.749. The number of piperidine rings is 1. The van der Waals surface area contributed by atoms with Crippen molar-refractivity contribution in [3.63, 3.8) is 0 Å². The van der Waals surface area contributed by atoms with Gasteiger partial charge >= 0.3 is 0 Å². The molecule has 0 aromatic carbocycles. The van der Waals surface area contributed by atoms with Crippen molar-refractivity contribution < 1.29 is 8.42 Å². The number of nitrogens with one attached hydrogen (secondary N) is 2. The van der Waals surface area contributed by atoms with E-state index < -0.39 is 10.0 Å². The van der Waals surface area contributed by atoms with E-state index in [1.165, 1.54) is 6.42 Å². The lowest BCUT2D eigenvalue weighted by Crippen LogP contribution is -2.57. The SMILES string of the molecule is CN(C)C1(CNS(=O)(=O)CC2CCCCN2)CCC1. The van der Waals surface area contributed by atoms with Gasteiger partial charge in [0.1, 0.15) is 0 Å². The molecule has 2 N–H and O–H groups in total. The summed E-state index contributed by atoms with van der Waals surface area (Å²) in [6, 6.07) is 0.128. The van der Waals surface area contributed by atoms with Crippen molar-refractivity contribution in [2.45, 2.75) is 50.1 Å². The first-order valence-corrected chi connectivity index (χ1v) is 8.97. The lowest BCUT2D eigenvalue weighted by Gasteiger charge is -2.47. The molecule has 5 nitrogen and oxygen atoms in total. The zero-order chi connectivity index (χ0) is 13.9. The van der Waals surface area contributed by atoms with E-state index in [9.17, 15) is 8.42 Å². The first-order chi connectivity index (χ1) is 8.94. The summed E-state index contributed by atoms with van der Waals surface area (Å²) in [4.78, 5) is 2.16. The highest BCUT2D eigenvalue weighted by Crippen LogP contribution is 2.35. The van der Waals surface area contributed by atoms with E-state index in [0.717, 1.165) is 38.6 Å². The zero-order valence-electron chi connectivity index (χ0n) is 12.1. The van der Waals surface area contributed by atoms with Crippen LogP contribution in [0.25, 0.3) is 0 Å². The topological polar surface area (TPSA) is 61.4 Å². The fraction of sp³-hybridized carbons (Fsp3) is 1.00. The van der Waals surface area contributed by atoms with Gasteiger partial charge < -0.3 is 10.2 Å². The van der Waals surface area contributed by atoms with Gasteiger partial charge in [-0.15, -0.1) is 0 Å². The lowest BCUT2D eigenvalue weighted by molar-refractivity contribution is 0.0656. The summed E-state index contributed by atoms with van der Waals surface area (Å²) in [7, 11) is 0.912. The molecule has 19 heavy (non-hydrogen) atoms. The van der Waals surface area contributed by atoms with Crippen molar-refractivity contribution in [1.82, 2.24) is 14.9 Å². The van der Waals surface area contributed by atoms with E-state index in [-0.39, 0.29) is 17.3 Å². The molecule has 1 aliphatic heterocycles. The van der Waals surface area contributed by atoms with Gasteiger partial charge in [-0.3, -0.25) is 0 Å². The van der Waals surface area contributed by atoms with E-state index in [0.29, 0.717) is 6.54 Å². The fourth-order valence-electron chi connectivity index (χ4n) is 3.00. The van der Waals surface area contributed by atoms with Gasteiger partial charge in [-0.05, 0) is 52.7 Å². The Balaban J connectivity index is 1.83. The summed E-state index contributed by atoms with van der Waals surface area (Å²) in [5.74, 6) is 0.219. The van der Waals surface area contributed by atoms with Crippen LogP contribution in [0.3, 0.4) is 0 Å². The molecule has 112 valence electrons. The van der Waals surface area contributed by atoms with Crippen LogP contribution >= 0.6 is 0 Å². The standard InChI is InChI=1S/C13H27N3O2S/c1-16(2)13(7-5-8-13)11-15-19(17,18)10-12-6-3-4-9-14-12/h12,14-15H,3-11H2,1-2H3. The van der Waals surface area contributed by atoms with Crippen LogP contribution in [0.5, 0.6) is 0 Å². The van der Waals surface area contributed by atoms with E-state index >= 15 is 0 Å². The second kappa shape index (κ2) is 6.08. The molecule has 0 aromatic rings. The Labute approximate surface area is 117 Å². The number of rotatable bonds is 6. The molecule has 0 amide bonds. The second-order valence-corrected chi connectivity index (χ2v) is 8.07. The molecule has 0 aromatic heterocycles. The minimum Gasteiger partial charge on any atom is -0.313 e. The molecule has 2 rings (SSSR count). The van der Waals surface area contributed by atoms with Crippen LogP contribution in [0.15, 0.2) is 0 Å². The molecule has 1 saturated heterocycles. The van der Waals surface area contributed by atoms with Crippen LogP contribution < -0.4 is 10.0 Å². The Bertz CT molecular complexity index is 385. The van der Waals surface area contributed by atoms with E-state index in [4.69, 9.17) is 0 Å². The summed E-state index contributed by atoms with van der Waals surface area (Å²) in [6.45, 7) is 1.50. The maximum Gasteiger partial charge on any atom is 0.213 e. The van der Waals surface area contributed by atoms with E-state index in [2.05, 4.69) is 14.9 Å². The van der Waals surface area contributed by atoms with Gasteiger partial charge in [-0.2, -0.15) is 0 Å². The number of hydrogen-bond donors (Lipinski definition) is 2. The van der Waals surface area contributed by atoms with Crippen molar-refractivity contribution in [3.8, 4) is 0 Å². The van der Waals surface area contributed by atoms with Crippen molar-refractivity contribution in [1.29, 1.82) is 0 Å². The third-order valence-electron chi connectivity index (χ3n) is 4.69. The summed E-state index contributed by atoms with van der Waals surface area (Å²) < 4.78 is 27.1. The van der Waals surface area contributed by atoms with Crippen molar-refractivity contribution >= 4 is 10.0 Å². The summed E-state index contributed by atoms with van der Waals surface area (Å²) in [5.41, 5.74) is 0.0487. The molecule has 2 aliphatic rings. The molecule has 6 heteroatoms. The van der Waals surface area contributed by atoms with Crippen molar-refractivity contribution in [2.75, 3.05) is 32.9 Å². The summed E-state index contributed by atoms with van der Waals surface area (Å²) >= 11 is 0. The van der Waals surface area contributed by atoms with Gasteiger partial charge in [-0.1, -0.05) is 6.42 Å². The van der Waals surface area contributed by atoms with Crippen molar-refractivity contribution in [2.24, 2.45) is 0 Å². The van der Waals surface area contributed by atoms with Gasteiger partial charge in [0, 0.05) is 18.1 Å². The van der Waals surface area contributed by atoms with E-state index in [1.54, 1.807) is 0 Å². The van der Waals surface area contributed by atoms with Crippen LogP contribution in [-0.2, 0) is 10.0 Å². The molecule has 0 radical (unpaired) electrons. The van der Waals surface area contributed by atoms with E-state index in [1.807, 2.05) is 14.1 Å². The average molecular weight is 289 g/mol. The molecule has 1 heterocycles. The average Bonchev–Trinajstić information content (AvgIpc) is 2.27. The van der Waals surface area contributed by atoms with Crippen molar-refractivity contribution in [3.05, 3.63) is 0 Å². The number of likely N-dealkylation sites (N-methyl/N-ethyl adjacent to an activating group) is 1. The Kier molecular flexibility index (Phi) is 4.87. The van der Waals surface area contributed by atoms with Gasteiger partial charge in [0.2, 0.25) is 10.0 Å².